The summed E-state index contributed by atoms with van der Waals surface area (Å²) in [5.41, 5.74) is -0.0268. The molecule has 0 spiro atoms. The number of amides is 1. The molecule has 6 N–H and O–H groups in total. The van der Waals surface area contributed by atoms with Gasteiger partial charge in [0.1, 0.15) is 30.7 Å². The molecule has 1 amide bonds. The van der Waals surface area contributed by atoms with Crippen molar-refractivity contribution in [1.29, 1.82) is 0 Å². The van der Waals surface area contributed by atoms with E-state index in [1.165, 1.54) is 12.1 Å². The van der Waals surface area contributed by atoms with Crippen molar-refractivity contribution in [3.63, 3.8) is 0 Å². The lowest BCUT2D eigenvalue weighted by molar-refractivity contribution is -0.271. The van der Waals surface area contributed by atoms with Crippen LogP contribution < -0.4 is 15.4 Å². The van der Waals surface area contributed by atoms with Crippen molar-refractivity contribution in [2.75, 3.05) is 11.9 Å². The van der Waals surface area contributed by atoms with Crippen LogP contribution in [0.3, 0.4) is 0 Å². The van der Waals surface area contributed by atoms with Crippen molar-refractivity contribution in [1.82, 2.24) is 5.32 Å². The first-order valence-corrected chi connectivity index (χ1v) is 11.6. The summed E-state index contributed by atoms with van der Waals surface area (Å²) in [7, 11) is 0. The predicted molar refractivity (Wildman–Crippen MR) is 127 cm³/mol. The van der Waals surface area contributed by atoms with Gasteiger partial charge in [-0.05, 0) is 38.5 Å². The van der Waals surface area contributed by atoms with E-state index in [-0.39, 0.29) is 36.4 Å². The number of ether oxygens (including phenoxy) is 3. The van der Waals surface area contributed by atoms with Gasteiger partial charge < -0.3 is 45.3 Å². The number of benzene rings is 1. The second-order valence-corrected chi connectivity index (χ2v) is 9.92. The van der Waals surface area contributed by atoms with Crippen molar-refractivity contribution in [3.8, 4) is 5.75 Å². The third kappa shape index (κ3) is 8.14. The lowest BCUT2D eigenvalue weighted by atomic mass is 9.97. The van der Waals surface area contributed by atoms with Crippen LogP contribution in [0.4, 0.5) is 5.69 Å². The number of hydrogen-bond donors (Lipinski definition) is 6. The van der Waals surface area contributed by atoms with Crippen molar-refractivity contribution < 1.29 is 49.0 Å². The third-order valence-electron chi connectivity index (χ3n) is 5.26. The highest BCUT2D eigenvalue weighted by Crippen LogP contribution is 2.31. The minimum absolute atomic E-state index is 0.00263. The first kappa shape index (κ1) is 29.5. The fourth-order valence-electron chi connectivity index (χ4n) is 3.19. The molecule has 0 saturated carbocycles. The maximum atomic E-state index is 12.5. The Morgan fingerprint density at radius 2 is 1.75 bits per heavy atom. The van der Waals surface area contributed by atoms with E-state index < -0.39 is 48.1 Å². The number of carboxylic acid groups (broad SMARTS) is 1. The van der Waals surface area contributed by atoms with Crippen LogP contribution in [0.2, 0.25) is 0 Å². The maximum absolute atomic E-state index is 12.5. The van der Waals surface area contributed by atoms with E-state index in [4.69, 9.17) is 14.2 Å². The molecule has 1 heterocycles. The number of aliphatic carboxylic acids is 1. The molecule has 1 aromatic rings. The highest BCUT2D eigenvalue weighted by molar-refractivity contribution is 5.92. The van der Waals surface area contributed by atoms with Gasteiger partial charge in [0.25, 0.3) is 0 Å². The Balaban J connectivity index is 2.26. The standard InChI is InChI=1S/C24H36N2O10/c1-12(2)25-9-8-16(27)26-14-10-13(11-34-23(33)24(3,4)5)6-7-15(14)35-22-19(30)17(28)18(29)20(36-22)21(31)32/h6-7,10,12,17-20,22,25,28-30H,8-9,11H2,1-5H3,(H,26,27)(H,31,32)/t17-,18-,19+,20-,22-/m0/s1. The molecule has 0 bridgehead atoms. The summed E-state index contributed by atoms with van der Waals surface area (Å²) in [5.74, 6) is -2.33. The van der Waals surface area contributed by atoms with E-state index in [0.29, 0.717) is 12.1 Å². The number of esters is 1. The average Bonchev–Trinajstić information content (AvgIpc) is 2.77. The Bertz CT molecular complexity index is 930. The van der Waals surface area contributed by atoms with E-state index in [0.717, 1.165) is 0 Å². The lowest BCUT2D eigenvalue weighted by Crippen LogP contribution is -2.61. The Morgan fingerprint density at radius 1 is 1.08 bits per heavy atom. The summed E-state index contributed by atoms with van der Waals surface area (Å²) in [6.45, 7) is 9.37. The van der Waals surface area contributed by atoms with Gasteiger partial charge in [0.2, 0.25) is 12.2 Å². The number of carboxylic acids is 1. The fraction of sp³-hybridized carbons (Fsp3) is 0.625. The summed E-state index contributed by atoms with van der Waals surface area (Å²) >= 11 is 0. The van der Waals surface area contributed by atoms with Gasteiger partial charge in [-0.25, -0.2) is 4.79 Å². The topological polar surface area (TPSA) is 184 Å². The van der Waals surface area contributed by atoms with Gasteiger partial charge >= 0.3 is 11.9 Å². The van der Waals surface area contributed by atoms with Gasteiger partial charge in [-0.2, -0.15) is 0 Å². The maximum Gasteiger partial charge on any atom is 0.335 e. The highest BCUT2D eigenvalue weighted by atomic mass is 16.7. The van der Waals surface area contributed by atoms with Crippen LogP contribution in [0.5, 0.6) is 5.75 Å². The number of aliphatic hydroxyl groups is 3. The molecular formula is C24H36N2O10. The largest absolute Gasteiger partial charge is 0.479 e. The summed E-state index contributed by atoms with van der Waals surface area (Å²) in [6, 6.07) is 4.67. The van der Waals surface area contributed by atoms with Crippen LogP contribution in [-0.4, -0.2) is 81.6 Å². The highest BCUT2D eigenvalue weighted by Gasteiger charge is 2.48. The minimum atomic E-state index is -1.87. The SMILES string of the molecule is CC(C)NCCC(=O)Nc1cc(COC(=O)C(C)(C)C)ccc1O[C@H]1O[C@H](C(=O)O)[C@@H](O)[C@H](O)[C@H]1O. The molecule has 0 unspecified atom stereocenters. The van der Waals surface area contributed by atoms with E-state index in [2.05, 4.69) is 10.6 Å². The molecule has 36 heavy (non-hydrogen) atoms. The summed E-state index contributed by atoms with van der Waals surface area (Å²) < 4.78 is 16.1. The number of aliphatic hydroxyl groups excluding tert-OH is 3. The number of nitrogens with one attached hydrogen (secondary N) is 2. The summed E-state index contributed by atoms with van der Waals surface area (Å²) in [4.78, 5) is 36.0. The zero-order valence-electron chi connectivity index (χ0n) is 21.1. The number of anilines is 1. The van der Waals surface area contributed by atoms with Crippen molar-refractivity contribution in [3.05, 3.63) is 23.8 Å². The number of carbonyl (C=O) groups excluding carboxylic acids is 2. The molecular weight excluding hydrogens is 476 g/mol. The van der Waals surface area contributed by atoms with Crippen LogP contribution in [0.15, 0.2) is 18.2 Å². The molecule has 1 fully saturated rings. The first-order valence-electron chi connectivity index (χ1n) is 11.6. The van der Waals surface area contributed by atoms with Gasteiger partial charge in [0.15, 0.2) is 6.10 Å². The molecule has 1 aliphatic rings. The molecule has 0 aromatic heterocycles. The van der Waals surface area contributed by atoms with Crippen LogP contribution >= 0.6 is 0 Å². The molecule has 1 aromatic carbocycles. The predicted octanol–water partition coefficient (Wildman–Crippen LogP) is 0.374. The zero-order chi connectivity index (χ0) is 27.2. The van der Waals surface area contributed by atoms with Gasteiger partial charge in [0, 0.05) is 19.0 Å². The molecule has 2 rings (SSSR count). The van der Waals surface area contributed by atoms with Gasteiger partial charge in [-0.1, -0.05) is 19.9 Å². The molecule has 0 radical (unpaired) electrons. The number of rotatable bonds is 10. The van der Waals surface area contributed by atoms with E-state index in [9.17, 15) is 34.8 Å². The van der Waals surface area contributed by atoms with E-state index >= 15 is 0 Å². The molecule has 202 valence electrons. The first-order chi connectivity index (χ1) is 16.7. The van der Waals surface area contributed by atoms with Gasteiger partial charge in [0.05, 0.1) is 11.1 Å². The van der Waals surface area contributed by atoms with Gasteiger partial charge in [-0.3, -0.25) is 9.59 Å². The van der Waals surface area contributed by atoms with E-state index in [1.54, 1.807) is 26.8 Å². The normalized spacial score (nSPS) is 24.3. The number of hydrogen-bond acceptors (Lipinski definition) is 10. The van der Waals surface area contributed by atoms with Crippen molar-refractivity contribution in [2.45, 2.75) is 84.4 Å². The van der Waals surface area contributed by atoms with Crippen LogP contribution in [-0.2, 0) is 30.5 Å². The Morgan fingerprint density at radius 3 is 2.33 bits per heavy atom. The van der Waals surface area contributed by atoms with Gasteiger partial charge in [-0.15, -0.1) is 0 Å². The van der Waals surface area contributed by atoms with E-state index in [1.807, 2.05) is 13.8 Å². The van der Waals surface area contributed by atoms with Crippen LogP contribution in [0.25, 0.3) is 0 Å². The Labute approximate surface area is 209 Å². The second kappa shape index (κ2) is 12.5. The monoisotopic (exact) mass is 512 g/mol. The third-order valence-corrected chi connectivity index (χ3v) is 5.26. The Hall–Kier alpha value is -2.77. The average molecular weight is 513 g/mol. The quantitative estimate of drug-likeness (QED) is 0.238. The summed E-state index contributed by atoms with van der Waals surface area (Å²) in [6.07, 6.45) is -8.86. The molecule has 1 saturated heterocycles. The van der Waals surface area contributed by atoms with Crippen LogP contribution in [0.1, 0.15) is 46.6 Å². The van der Waals surface area contributed by atoms with Crippen molar-refractivity contribution >= 4 is 23.5 Å². The fourth-order valence-corrected chi connectivity index (χ4v) is 3.19. The zero-order valence-corrected chi connectivity index (χ0v) is 21.1. The molecule has 5 atom stereocenters. The molecule has 1 aliphatic heterocycles. The molecule has 12 nitrogen and oxygen atoms in total. The Kier molecular flexibility index (Phi) is 10.2. The minimum Gasteiger partial charge on any atom is -0.479 e. The second-order valence-electron chi connectivity index (χ2n) is 9.92. The summed E-state index contributed by atoms with van der Waals surface area (Å²) in [5, 5.41) is 45.3. The van der Waals surface area contributed by atoms with Crippen molar-refractivity contribution in [2.24, 2.45) is 5.41 Å². The molecule has 0 aliphatic carbocycles. The lowest BCUT2D eigenvalue weighted by Gasteiger charge is -2.38. The van der Waals surface area contributed by atoms with Crippen LogP contribution in [0, 0.1) is 5.41 Å². The number of carbonyl (C=O) groups is 3. The molecule has 12 heteroatoms. The smallest absolute Gasteiger partial charge is 0.335 e.